The summed E-state index contributed by atoms with van der Waals surface area (Å²) >= 11 is 0. The topological polar surface area (TPSA) is 0 Å². The molecule has 1 aliphatic heterocycles. The number of unbranched alkanes of at least 4 members (excludes halogenated alkanes) is 4. The fraction of sp³-hybridized carbons (Fsp3) is 0.304. The van der Waals surface area contributed by atoms with Gasteiger partial charge in [0.05, 0.1) is 0 Å². The molecule has 0 nitrogen and oxygen atoms in total. The largest absolute Gasteiger partial charge is 0.0983 e. The highest BCUT2D eigenvalue weighted by Crippen LogP contribution is 2.63. The molecule has 1 heteroatoms. The maximum Gasteiger partial charge on any atom is 0.00923 e. The lowest BCUT2D eigenvalue weighted by atomic mass is 10.0. The van der Waals surface area contributed by atoms with Gasteiger partial charge < -0.3 is 0 Å². The molecule has 0 saturated carbocycles. The molecule has 0 spiro atoms. The Balaban J connectivity index is 1.77. The standard InChI is InChI=1S/C23H25P/c1-2-3-4-5-6-13-18-24-19-22(20-14-9-7-10-15-20)23(24)21-16-11-8-12-17-21/h7-12,14-17H,2-6,19H2,1H3. The molecule has 1 heterocycles. The molecule has 24 heavy (non-hydrogen) atoms. The van der Waals surface area contributed by atoms with Gasteiger partial charge in [0.15, 0.2) is 0 Å². The lowest BCUT2D eigenvalue weighted by Crippen LogP contribution is -2.05. The number of allylic oxidation sites excluding steroid dienone is 1. The lowest BCUT2D eigenvalue weighted by Gasteiger charge is -2.31. The minimum atomic E-state index is -0.306. The van der Waals surface area contributed by atoms with Crippen LogP contribution < -0.4 is 0 Å². The van der Waals surface area contributed by atoms with Crippen LogP contribution in [0.2, 0.25) is 0 Å². The van der Waals surface area contributed by atoms with E-state index in [2.05, 4.69) is 79.2 Å². The highest BCUT2D eigenvalue weighted by Gasteiger charge is 2.29. The molecule has 2 aromatic carbocycles. The van der Waals surface area contributed by atoms with Crippen molar-refractivity contribution in [3.8, 4) is 11.6 Å². The molecule has 1 atom stereocenters. The van der Waals surface area contributed by atoms with Gasteiger partial charge in [-0.15, -0.1) is 0 Å². The van der Waals surface area contributed by atoms with Crippen LogP contribution >= 0.6 is 7.92 Å². The van der Waals surface area contributed by atoms with Crippen molar-refractivity contribution in [2.24, 2.45) is 0 Å². The zero-order valence-corrected chi connectivity index (χ0v) is 15.4. The molecule has 0 N–H and O–H groups in total. The van der Waals surface area contributed by atoms with E-state index in [1.807, 2.05) is 0 Å². The number of hydrogen-bond donors (Lipinski definition) is 0. The molecule has 0 saturated heterocycles. The Morgan fingerprint density at radius 2 is 1.50 bits per heavy atom. The van der Waals surface area contributed by atoms with E-state index < -0.39 is 0 Å². The summed E-state index contributed by atoms with van der Waals surface area (Å²) in [5.41, 5.74) is 7.81. The summed E-state index contributed by atoms with van der Waals surface area (Å²) in [4.78, 5) is 0. The zero-order chi connectivity index (χ0) is 16.6. The maximum absolute atomic E-state index is 3.60. The van der Waals surface area contributed by atoms with Crippen LogP contribution in [0.4, 0.5) is 0 Å². The van der Waals surface area contributed by atoms with Crippen molar-refractivity contribution in [2.45, 2.75) is 39.0 Å². The Kier molecular flexibility index (Phi) is 6.28. The molecule has 122 valence electrons. The van der Waals surface area contributed by atoms with Crippen LogP contribution in [0.5, 0.6) is 0 Å². The van der Waals surface area contributed by atoms with Gasteiger partial charge in [-0.25, -0.2) is 0 Å². The van der Waals surface area contributed by atoms with E-state index >= 15 is 0 Å². The maximum atomic E-state index is 3.60. The smallest absolute Gasteiger partial charge is 0.00923 e. The van der Waals surface area contributed by atoms with E-state index in [0.717, 1.165) is 12.6 Å². The SMILES string of the molecule is CCCCCCC#CP1CC(c2ccccc2)=C1c1ccccc1. The first kappa shape index (κ1) is 17.0. The van der Waals surface area contributed by atoms with E-state index in [1.54, 1.807) is 0 Å². The summed E-state index contributed by atoms with van der Waals surface area (Å²) in [6, 6.07) is 21.6. The van der Waals surface area contributed by atoms with E-state index in [0.29, 0.717) is 0 Å². The third-order valence-corrected chi connectivity index (χ3v) is 6.54. The minimum Gasteiger partial charge on any atom is -0.0983 e. The van der Waals surface area contributed by atoms with Crippen LogP contribution in [-0.2, 0) is 0 Å². The van der Waals surface area contributed by atoms with Crippen molar-refractivity contribution >= 4 is 18.8 Å². The lowest BCUT2D eigenvalue weighted by molar-refractivity contribution is 0.680. The van der Waals surface area contributed by atoms with Gasteiger partial charge in [-0.1, -0.05) is 98.4 Å². The zero-order valence-electron chi connectivity index (χ0n) is 14.5. The van der Waals surface area contributed by atoms with Gasteiger partial charge in [0.1, 0.15) is 0 Å². The molecule has 0 amide bonds. The predicted molar refractivity (Wildman–Crippen MR) is 108 cm³/mol. The van der Waals surface area contributed by atoms with Gasteiger partial charge in [0, 0.05) is 20.5 Å². The van der Waals surface area contributed by atoms with Crippen molar-refractivity contribution in [1.29, 1.82) is 0 Å². The molecule has 0 radical (unpaired) electrons. The Labute approximate surface area is 147 Å². The normalized spacial score (nSPS) is 16.3. The minimum absolute atomic E-state index is 0.306. The van der Waals surface area contributed by atoms with Gasteiger partial charge >= 0.3 is 0 Å². The van der Waals surface area contributed by atoms with E-state index in [4.69, 9.17) is 0 Å². The molecule has 2 aromatic rings. The van der Waals surface area contributed by atoms with Crippen molar-refractivity contribution in [2.75, 3.05) is 6.16 Å². The average molecular weight is 332 g/mol. The summed E-state index contributed by atoms with van der Waals surface area (Å²) in [7, 11) is -0.306. The van der Waals surface area contributed by atoms with Gasteiger partial charge in [-0.2, -0.15) is 0 Å². The fourth-order valence-electron chi connectivity index (χ4n) is 3.06. The first-order valence-electron chi connectivity index (χ1n) is 9.00. The molecular formula is C23H25P. The van der Waals surface area contributed by atoms with Gasteiger partial charge in [-0.3, -0.25) is 0 Å². The average Bonchev–Trinajstić information content (AvgIpc) is 2.61. The third-order valence-electron chi connectivity index (χ3n) is 4.41. The first-order chi connectivity index (χ1) is 11.9. The molecule has 0 bridgehead atoms. The van der Waals surface area contributed by atoms with Crippen LogP contribution in [0.15, 0.2) is 60.7 Å². The van der Waals surface area contributed by atoms with Crippen molar-refractivity contribution in [3.63, 3.8) is 0 Å². The molecule has 3 rings (SSSR count). The third kappa shape index (κ3) is 4.17. The van der Waals surface area contributed by atoms with E-state index in [9.17, 15) is 0 Å². The molecule has 1 aliphatic rings. The Morgan fingerprint density at radius 1 is 0.833 bits per heavy atom. The van der Waals surface area contributed by atoms with Crippen molar-refractivity contribution < 1.29 is 0 Å². The molecule has 0 fully saturated rings. The van der Waals surface area contributed by atoms with Crippen molar-refractivity contribution in [3.05, 3.63) is 71.8 Å². The molecule has 0 aliphatic carbocycles. The Hall–Kier alpha value is -1.83. The second-order valence-corrected chi connectivity index (χ2v) is 8.09. The van der Waals surface area contributed by atoms with Crippen molar-refractivity contribution in [1.82, 2.24) is 0 Å². The molecule has 1 unspecified atom stereocenters. The monoisotopic (exact) mass is 332 g/mol. The second kappa shape index (κ2) is 8.86. The highest BCUT2D eigenvalue weighted by molar-refractivity contribution is 7.76. The molecular weight excluding hydrogens is 307 g/mol. The summed E-state index contributed by atoms with van der Waals surface area (Å²) in [6.07, 6.45) is 7.40. The van der Waals surface area contributed by atoms with Gasteiger partial charge in [-0.05, 0) is 28.4 Å². The van der Waals surface area contributed by atoms with Crippen LogP contribution in [-0.4, -0.2) is 6.16 Å². The van der Waals surface area contributed by atoms with Gasteiger partial charge in [0.2, 0.25) is 0 Å². The summed E-state index contributed by atoms with van der Waals surface area (Å²) in [6.45, 7) is 2.26. The quantitative estimate of drug-likeness (QED) is 0.304. The van der Waals surface area contributed by atoms with Crippen LogP contribution in [0.25, 0.3) is 10.9 Å². The van der Waals surface area contributed by atoms with Crippen LogP contribution in [0.3, 0.4) is 0 Å². The highest BCUT2D eigenvalue weighted by atomic mass is 31.1. The number of hydrogen-bond acceptors (Lipinski definition) is 0. The Morgan fingerprint density at radius 3 is 2.17 bits per heavy atom. The second-order valence-electron chi connectivity index (χ2n) is 6.24. The summed E-state index contributed by atoms with van der Waals surface area (Å²) in [5.74, 6) is 3.46. The van der Waals surface area contributed by atoms with E-state index in [1.165, 1.54) is 47.7 Å². The fourth-order valence-corrected chi connectivity index (χ4v) is 5.10. The summed E-state index contributed by atoms with van der Waals surface area (Å²) < 4.78 is 0. The Bertz CT molecular complexity index is 732. The number of benzene rings is 2. The number of rotatable bonds is 6. The van der Waals surface area contributed by atoms with Crippen LogP contribution in [0, 0.1) is 11.6 Å². The predicted octanol–water partition coefficient (Wildman–Crippen LogP) is 6.98. The van der Waals surface area contributed by atoms with Gasteiger partial charge in [0.25, 0.3) is 0 Å². The van der Waals surface area contributed by atoms with E-state index in [-0.39, 0.29) is 7.92 Å². The first-order valence-corrected chi connectivity index (χ1v) is 10.5. The summed E-state index contributed by atoms with van der Waals surface area (Å²) in [5, 5.41) is 1.50. The van der Waals surface area contributed by atoms with Crippen LogP contribution in [0.1, 0.15) is 50.2 Å². The molecule has 0 aromatic heterocycles.